The van der Waals surface area contributed by atoms with Gasteiger partial charge in [-0.3, -0.25) is 14.9 Å². The van der Waals surface area contributed by atoms with Crippen molar-refractivity contribution >= 4 is 34.1 Å². The summed E-state index contributed by atoms with van der Waals surface area (Å²) in [4.78, 5) is 17.5. The number of hydrogen-bond donors (Lipinski definition) is 2. The maximum Gasteiger partial charge on any atom is 0.259 e. The highest BCUT2D eigenvalue weighted by atomic mass is 35.5. The summed E-state index contributed by atoms with van der Waals surface area (Å²) in [5.41, 5.74) is 3.85. The van der Waals surface area contributed by atoms with Crippen LogP contribution in [-0.4, -0.2) is 31.3 Å². The van der Waals surface area contributed by atoms with E-state index in [1.807, 2.05) is 37.3 Å². The molecule has 0 radical (unpaired) electrons. The third kappa shape index (κ3) is 4.31. The van der Waals surface area contributed by atoms with E-state index in [0.29, 0.717) is 33.4 Å². The Hall–Kier alpha value is -4.30. The lowest BCUT2D eigenvalue weighted by atomic mass is 10.1. The van der Waals surface area contributed by atoms with Gasteiger partial charge in [-0.2, -0.15) is 15.3 Å². The lowest BCUT2D eigenvalue weighted by Crippen LogP contribution is -2.15. The molecule has 0 spiro atoms. The summed E-state index contributed by atoms with van der Waals surface area (Å²) in [7, 11) is 0. The van der Waals surface area contributed by atoms with E-state index in [1.54, 1.807) is 48.9 Å². The number of carbonyl (C=O) groups excluding carboxylic acids is 1. The van der Waals surface area contributed by atoms with Gasteiger partial charge in [0.05, 0.1) is 40.9 Å². The average Bonchev–Trinajstić information content (AvgIpc) is 3.26. The molecule has 34 heavy (non-hydrogen) atoms. The van der Waals surface area contributed by atoms with E-state index in [0.717, 1.165) is 16.5 Å². The number of H-pyrrole nitrogens is 1. The number of rotatable bonds is 6. The third-order valence-corrected chi connectivity index (χ3v) is 5.59. The number of fused-ring (bicyclic) bond motifs is 1. The van der Waals surface area contributed by atoms with Crippen molar-refractivity contribution in [1.29, 1.82) is 0 Å². The number of hydrogen-bond acceptors (Lipinski definition) is 6. The predicted molar refractivity (Wildman–Crippen MR) is 130 cm³/mol. The largest absolute Gasteiger partial charge is 0.485 e. The van der Waals surface area contributed by atoms with Gasteiger partial charge in [-0.25, -0.2) is 0 Å². The summed E-state index contributed by atoms with van der Waals surface area (Å²) in [6, 6.07) is 18.4. The van der Waals surface area contributed by atoms with E-state index >= 15 is 0 Å². The normalized spacial score (nSPS) is 11.8. The number of anilines is 1. The molecule has 0 aliphatic heterocycles. The van der Waals surface area contributed by atoms with E-state index in [9.17, 15) is 4.79 Å². The summed E-state index contributed by atoms with van der Waals surface area (Å²) < 4.78 is 6.20. The van der Waals surface area contributed by atoms with Crippen molar-refractivity contribution in [2.24, 2.45) is 0 Å². The number of nitrogens with zero attached hydrogens (tertiary/aromatic N) is 4. The maximum absolute atomic E-state index is 13.1. The van der Waals surface area contributed by atoms with Gasteiger partial charge in [0, 0.05) is 10.9 Å². The van der Waals surface area contributed by atoms with Gasteiger partial charge < -0.3 is 10.1 Å². The molecular formula is C25H19ClN6O2. The monoisotopic (exact) mass is 470 g/mol. The van der Waals surface area contributed by atoms with Crippen LogP contribution in [0.2, 0.25) is 5.15 Å². The predicted octanol–water partition coefficient (Wildman–Crippen LogP) is 5.46. The van der Waals surface area contributed by atoms with Crippen LogP contribution in [0.5, 0.6) is 5.75 Å². The second-order valence-corrected chi connectivity index (χ2v) is 7.94. The van der Waals surface area contributed by atoms with Crippen LogP contribution in [0.15, 0.2) is 79.3 Å². The fourth-order valence-electron chi connectivity index (χ4n) is 3.70. The first-order valence-electron chi connectivity index (χ1n) is 10.5. The molecule has 1 amide bonds. The first-order valence-corrected chi connectivity index (χ1v) is 10.9. The summed E-state index contributed by atoms with van der Waals surface area (Å²) in [5, 5.41) is 19.0. The minimum atomic E-state index is -0.509. The average molecular weight is 471 g/mol. The summed E-state index contributed by atoms with van der Waals surface area (Å²) in [6.07, 6.45) is 4.30. The molecular weight excluding hydrogens is 452 g/mol. The Bertz CT molecular complexity index is 1470. The summed E-state index contributed by atoms with van der Waals surface area (Å²) >= 11 is 6.39. The maximum atomic E-state index is 13.1. The SMILES string of the molecule is CC(Oc1ccccc1C(=O)Nc1cnc2ccccc2c1)c1c(-c2ccnnc2)n[nH]c1Cl. The zero-order valence-corrected chi connectivity index (χ0v) is 18.8. The van der Waals surface area contributed by atoms with Crippen molar-refractivity contribution in [3.05, 3.63) is 95.5 Å². The molecule has 5 aromatic rings. The Morgan fingerprint density at radius 1 is 1.06 bits per heavy atom. The Morgan fingerprint density at radius 3 is 2.74 bits per heavy atom. The Labute approximate surface area is 200 Å². The zero-order chi connectivity index (χ0) is 23.5. The van der Waals surface area contributed by atoms with Gasteiger partial charge in [-0.1, -0.05) is 41.9 Å². The standard InChI is InChI=1S/C25H19ClN6O2/c1-15(22-23(31-32-24(22)26)17-10-11-28-29-13-17)34-21-9-5-3-7-19(21)25(33)30-18-12-16-6-2-4-8-20(16)27-14-18/h2-15H,1H3,(H,30,33)(H,31,32). The van der Waals surface area contributed by atoms with E-state index in [2.05, 4.69) is 30.7 Å². The number of halogens is 1. The Kier molecular flexibility index (Phi) is 5.88. The lowest BCUT2D eigenvalue weighted by Gasteiger charge is -2.18. The number of carbonyl (C=O) groups is 1. The topological polar surface area (TPSA) is 106 Å². The molecule has 2 aromatic carbocycles. The van der Waals surface area contributed by atoms with Crippen LogP contribution in [0.1, 0.15) is 28.9 Å². The number of para-hydroxylation sites is 2. The molecule has 1 unspecified atom stereocenters. The number of amides is 1. The zero-order valence-electron chi connectivity index (χ0n) is 18.1. The van der Waals surface area contributed by atoms with Crippen LogP contribution in [0, 0.1) is 0 Å². The smallest absolute Gasteiger partial charge is 0.259 e. The Morgan fingerprint density at radius 2 is 1.88 bits per heavy atom. The molecule has 8 nitrogen and oxygen atoms in total. The highest BCUT2D eigenvalue weighted by Crippen LogP contribution is 2.35. The first kappa shape index (κ1) is 21.5. The van der Waals surface area contributed by atoms with Gasteiger partial charge in [-0.15, -0.1) is 0 Å². The van der Waals surface area contributed by atoms with E-state index in [1.165, 1.54) is 0 Å². The van der Waals surface area contributed by atoms with Gasteiger partial charge in [0.2, 0.25) is 0 Å². The van der Waals surface area contributed by atoms with Crippen molar-refractivity contribution in [3.63, 3.8) is 0 Å². The molecule has 2 N–H and O–H groups in total. The van der Waals surface area contributed by atoms with E-state index in [-0.39, 0.29) is 5.91 Å². The van der Waals surface area contributed by atoms with E-state index in [4.69, 9.17) is 16.3 Å². The molecule has 168 valence electrons. The number of ether oxygens (including phenoxy) is 1. The minimum Gasteiger partial charge on any atom is -0.485 e. The van der Waals surface area contributed by atoms with Crippen molar-refractivity contribution < 1.29 is 9.53 Å². The Balaban J connectivity index is 1.40. The van der Waals surface area contributed by atoms with Gasteiger partial charge in [0.15, 0.2) is 0 Å². The molecule has 3 heterocycles. The van der Waals surface area contributed by atoms with Crippen LogP contribution in [0.3, 0.4) is 0 Å². The number of aromatic nitrogens is 5. The van der Waals surface area contributed by atoms with Crippen LogP contribution in [0.4, 0.5) is 5.69 Å². The summed E-state index contributed by atoms with van der Waals surface area (Å²) in [5.74, 6) is 0.106. The molecule has 9 heteroatoms. The van der Waals surface area contributed by atoms with Gasteiger partial charge in [0.25, 0.3) is 5.91 Å². The van der Waals surface area contributed by atoms with Crippen molar-refractivity contribution in [2.45, 2.75) is 13.0 Å². The lowest BCUT2D eigenvalue weighted by molar-refractivity contribution is 0.102. The van der Waals surface area contributed by atoms with Gasteiger partial charge in [0.1, 0.15) is 22.7 Å². The highest BCUT2D eigenvalue weighted by Gasteiger charge is 2.23. The van der Waals surface area contributed by atoms with Crippen LogP contribution in [0.25, 0.3) is 22.2 Å². The number of nitrogens with one attached hydrogen (secondary N) is 2. The second kappa shape index (κ2) is 9.29. The van der Waals surface area contributed by atoms with Crippen molar-refractivity contribution in [1.82, 2.24) is 25.4 Å². The fraction of sp³-hybridized carbons (Fsp3) is 0.0800. The minimum absolute atomic E-state index is 0.309. The molecule has 3 aromatic heterocycles. The highest BCUT2D eigenvalue weighted by molar-refractivity contribution is 6.30. The van der Waals surface area contributed by atoms with E-state index < -0.39 is 6.10 Å². The van der Waals surface area contributed by atoms with Crippen LogP contribution in [-0.2, 0) is 0 Å². The first-order chi connectivity index (χ1) is 16.6. The molecule has 0 bridgehead atoms. The summed E-state index contributed by atoms with van der Waals surface area (Å²) in [6.45, 7) is 1.84. The molecule has 5 rings (SSSR count). The number of aromatic amines is 1. The molecule has 0 saturated carbocycles. The molecule has 0 fully saturated rings. The third-order valence-electron chi connectivity index (χ3n) is 5.31. The number of benzene rings is 2. The fourth-order valence-corrected chi connectivity index (χ4v) is 3.98. The van der Waals surface area contributed by atoms with Crippen LogP contribution >= 0.6 is 11.6 Å². The molecule has 0 aliphatic rings. The van der Waals surface area contributed by atoms with Gasteiger partial charge >= 0.3 is 0 Å². The van der Waals surface area contributed by atoms with Crippen LogP contribution < -0.4 is 10.1 Å². The molecule has 0 aliphatic carbocycles. The van der Waals surface area contributed by atoms with Crippen molar-refractivity contribution in [2.75, 3.05) is 5.32 Å². The quantitative estimate of drug-likeness (QED) is 0.341. The van der Waals surface area contributed by atoms with Crippen molar-refractivity contribution in [3.8, 4) is 17.0 Å². The second-order valence-electron chi connectivity index (χ2n) is 7.56. The molecule has 1 atom stereocenters. The van der Waals surface area contributed by atoms with Gasteiger partial charge in [-0.05, 0) is 37.3 Å². The molecule has 0 saturated heterocycles. The number of pyridine rings is 1.